The van der Waals surface area contributed by atoms with Gasteiger partial charge < -0.3 is 9.84 Å². The molecule has 0 bridgehead atoms. The summed E-state index contributed by atoms with van der Waals surface area (Å²) in [6.07, 6.45) is -0.324. The smallest absolute Gasteiger partial charge is 0.119 e. The third-order valence-electron chi connectivity index (χ3n) is 2.29. The van der Waals surface area contributed by atoms with Crippen LogP contribution in [0.1, 0.15) is 5.56 Å². The molecule has 0 amide bonds. The minimum absolute atomic E-state index is 0.324. The van der Waals surface area contributed by atoms with Crippen molar-refractivity contribution in [1.29, 1.82) is 0 Å². The summed E-state index contributed by atoms with van der Waals surface area (Å²) in [5.74, 6) is 0.868. The summed E-state index contributed by atoms with van der Waals surface area (Å²) >= 11 is 3.25. The number of rotatable bonds is 6. The highest BCUT2D eigenvalue weighted by molar-refractivity contribution is 9.09. The number of methoxy groups -OCH3 is 1. The van der Waals surface area contributed by atoms with Crippen LogP contribution < -0.4 is 4.74 Å². The predicted molar refractivity (Wildman–Crippen MR) is 69.1 cm³/mol. The molecule has 0 saturated carbocycles. The number of benzene rings is 1. The second kappa shape index (κ2) is 6.89. The second-order valence-electron chi connectivity index (χ2n) is 3.86. The SMILES string of the molecule is COc1cccc(CN(C)CC(O)CBr)c1. The molecule has 1 atom stereocenters. The van der Waals surface area contributed by atoms with E-state index in [1.807, 2.05) is 25.2 Å². The van der Waals surface area contributed by atoms with E-state index < -0.39 is 0 Å². The van der Waals surface area contributed by atoms with E-state index in [0.717, 1.165) is 12.3 Å². The number of hydrogen-bond donors (Lipinski definition) is 1. The maximum atomic E-state index is 9.49. The average molecular weight is 288 g/mol. The quantitative estimate of drug-likeness (QED) is 0.811. The van der Waals surface area contributed by atoms with Crippen LogP contribution in [-0.4, -0.2) is 42.1 Å². The molecule has 0 spiro atoms. The normalized spacial score (nSPS) is 12.8. The number of likely N-dealkylation sites (N-methyl/N-ethyl adjacent to an activating group) is 1. The van der Waals surface area contributed by atoms with Crippen molar-refractivity contribution in [2.24, 2.45) is 0 Å². The first-order valence-corrected chi connectivity index (χ1v) is 6.33. The van der Waals surface area contributed by atoms with Crippen molar-refractivity contribution in [3.05, 3.63) is 29.8 Å². The van der Waals surface area contributed by atoms with Gasteiger partial charge in [0.2, 0.25) is 0 Å². The zero-order chi connectivity index (χ0) is 12.0. The molecule has 16 heavy (non-hydrogen) atoms. The molecule has 1 rings (SSSR count). The molecule has 0 aliphatic rings. The zero-order valence-corrected chi connectivity index (χ0v) is 11.3. The van der Waals surface area contributed by atoms with Crippen LogP contribution in [0.3, 0.4) is 0 Å². The van der Waals surface area contributed by atoms with E-state index in [4.69, 9.17) is 4.74 Å². The Balaban J connectivity index is 2.51. The highest BCUT2D eigenvalue weighted by Crippen LogP contribution is 2.13. The Labute approximate surface area is 105 Å². The second-order valence-corrected chi connectivity index (χ2v) is 4.50. The summed E-state index contributed by atoms with van der Waals surface area (Å²) in [4.78, 5) is 2.08. The first-order chi connectivity index (χ1) is 7.65. The number of aliphatic hydroxyl groups is 1. The van der Waals surface area contributed by atoms with Gasteiger partial charge in [-0.2, -0.15) is 0 Å². The molecule has 0 aliphatic heterocycles. The predicted octanol–water partition coefficient (Wildman–Crippen LogP) is 1.88. The number of alkyl halides is 1. The molecule has 0 radical (unpaired) electrons. The Morgan fingerprint density at radius 2 is 2.25 bits per heavy atom. The molecular weight excluding hydrogens is 270 g/mol. The topological polar surface area (TPSA) is 32.7 Å². The van der Waals surface area contributed by atoms with Crippen molar-refractivity contribution < 1.29 is 9.84 Å². The van der Waals surface area contributed by atoms with Gasteiger partial charge in [0.15, 0.2) is 0 Å². The highest BCUT2D eigenvalue weighted by Gasteiger charge is 2.07. The Bertz CT molecular complexity index is 320. The van der Waals surface area contributed by atoms with Crippen LogP contribution >= 0.6 is 15.9 Å². The molecule has 0 aliphatic carbocycles. The van der Waals surface area contributed by atoms with E-state index in [1.54, 1.807) is 7.11 Å². The van der Waals surface area contributed by atoms with Crippen molar-refractivity contribution in [3.63, 3.8) is 0 Å². The summed E-state index contributed by atoms with van der Waals surface area (Å²) in [7, 11) is 3.66. The fraction of sp³-hybridized carbons (Fsp3) is 0.500. The van der Waals surface area contributed by atoms with Crippen LogP contribution in [0.2, 0.25) is 0 Å². The van der Waals surface area contributed by atoms with Gasteiger partial charge >= 0.3 is 0 Å². The lowest BCUT2D eigenvalue weighted by atomic mass is 10.2. The van der Waals surface area contributed by atoms with Crippen LogP contribution in [0.5, 0.6) is 5.75 Å². The van der Waals surface area contributed by atoms with E-state index in [0.29, 0.717) is 11.9 Å². The van der Waals surface area contributed by atoms with Crippen LogP contribution in [0.25, 0.3) is 0 Å². The molecule has 4 heteroatoms. The molecule has 1 aromatic rings. The Morgan fingerprint density at radius 1 is 1.50 bits per heavy atom. The van der Waals surface area contributed by atoms with E-state index in [-0.39, 0.29) is 6.10 Å². The first-order valence-electron chi connectivity index (χ1n) is 5.21. The molecule has 0 heterocycles. The molecule has 0 aromatic heterocycles. The van der Waals surface area contributed by atoms with Gasteiger partial charge in [-0.3, -0.25) is 4.90 Å². The summed E-state index contributed by atoms with van der Waals surface area (Å²) in [5.41, 5.74) is 1.18. The van der Waals surface area contributed by atoms with Crippen molar-refractivity contribution in [2.45, 2.75) is 12.6 Å². The number of aliphatic hydroxyl groups excluding tert-OH is 1. The average Bonchev–Trinajstić information content (AvgIpc) is 2.28. The molecule has 0 fully saturated rings. The lowest BCUT2D eigenvalue weighted by Crippen LogP contribution is -2.29. The maximum Gasteiger partial charge on any atom is 0.119 e. The van der Waals surface area contributed by atoms with E-state index in [2.05, 4.69) is 26.9 Å². The minimum Gasteiger partial charge on any atom is -0.497 e. The van der Waals surface area contributed by atoms with Gasteiger partial charge in [-0.25, -0.2) is 0 Å². The van der Waals surface area contributed by atoms with Crippen molar-refractivity contribution in [1.82, 2.24) is 4.90 Å². The fourth-order valence-electron chi connectivity index (χ4n) is 1.56. The largest absolute Gasteiger partial charge is 0.497 e. The first kappa shape index (κ1) is 13.5. The van der Waals surface area contributed by atoms with E-state index in [1.165, 1.54) is 5.56 Å². The van der Waals surface area contributed by atoms with Crippen LogP contribution in [-0.2, 0) is 6.54 Å². The Kier molecular flexibility index (Phi) is 5.80. The van der Waals surface area contributed by atoms with E-state index in [9.17, 15) is 5.11 Å². The van der Waals surface area contributed by atoms with Crippen molar-refractivity contribution in [3.8, 4) is 5.75 Å². The summed E-state index contributed by atoms with van der Waals surface area (Å²) in [6, 6.07) is 7.97. The molecule has 1 aromatic carbocycles. The summed E-state index contributed by atoms with van der Waals surface area (Å²) < 4.78 is 5.16. The minimum atomic E-state index is -0.324. The molecule has 1 N–H and O–H groups in total. The Morgan fingerprint density at radius 3 is 2.88 bits per heavy atom. The van der Waals surface area contributed by atoms with Gasteiger partial charge in [-0.15, -0.1) is 0 Å². The van der Waals surface area contributed by atoms with Gasteiger partial charge in [0.05, 0.1) is 13.2 Å². The molecule has 1 unspecified atom stereocenters. The van der Waals surface area contributed by atoms with Gasteiger partial charge in [0.1, 0.15) is 5.75 Å². The Hall–Kier alpha value is -0.580. The molecular formula is C12H18BrNO2. The maximum absolute atomic E-state index is 9.49. The third-order valence-corrected chi connectivity index (χ3v) is 3.03. The lowest BCUT2D eigenvalue weighted by molar-refractivity contribution is 0.143. The van der Waals surface area contributed by atoms with Crippen molar-refractivity contribution in [2.75, 3.05) is 26.0 Å². The van der Waals surface area contributed by atoms with Gasteiger partial charge in [0.25, 0.3) is 0 Å². The zero-order valence-electron chi connectivity index (χ0n) is 9.69. The monoisotopic (exact) mass is 287 g/mol. The lowest BCUT2D eigenvalue weighted by Gasteiger charge is -2.19. The van der Waals surface area contributed by atoms with Crippen LogP contribution in [0.4, 0.5) is 0 Å². The van der Waals surface area contributed by atoms with E-state index >= 15 is 0 Å². The highest BCUT2D eigenvalue weighted by atomic mass is 79.9. The summed E-state index contributed by atoms with van der Waals surface area (Å²) in [6.45, 7) is 1.46. The van der Waals surface area contributed by atoms with Crippen LogP contribution in [0.15, 0.2) is 24.3 Å². The fourth-order valence-corrected chi connectivity index (χ4v) is 1.76. The number of hydrogen-bond acceptors (Lipinski definition) is 3. The molecule has 0 saturated heterocycles. The third kappa shape index (κ3) is 4.51. The van der Waals surface area contributed by atoms with Gasteiger partial charge in [0, 0.05) is 18.4 Å². The van der Waals surface area contributed by atoms with Gasteiger partial charge in [-0.1, -0.05) is 28.1 Å². The number of halogens is 1. The summed E-state index contributed by atoms with van der Waals surface area (Å²) in [5, 5.41) is 10.1. The van der Waals surface area contributed by atoms with Gasteiger partial charge in [-0.05, 0) is 24.7 Å². The van der Waals surface area contributed by atoms with Crippen LogP contribution in [0, 0.1) is 0 Å². The van der Waals surface area contributed by atoms with Crippen molar-refractivity contribution >= 4 is 15.9 Å². The standard InChI is InChI=1S/C12H18BrNO2/c1-14(9-11(15)7-13)8-10-4-3-5-12(6-10)16-2/h3-6,11,15H,7-9H2,1-2H3. The molecule has 90 valence electrons. The number of nitrogens with zero attached hydrogens (tertiary/aromatic N) is 1. The molecule has 3 nitrogen and oxygen atoms in total. The number of ether oxygens (including phenoxy) is 1.